The summed E-state index contributed by atoms with van der Waals surface area (Å²) in [5.74, 6) is 0. The van der Waals surface area contributed by atoms with E-state index in [9.17, 15) is 0 Å². The first-order chi connectivity index (χ1) is 7.81. The van der Waals surface area contributed by atoms with Crippen molar-refractivity contribution in [1.29, 1.82) is 5.26 Å². The van der Waals surface area contributed by atoms with Crippen LogP contribution in [0.2, 0.25) is 0 Å². The number of rotatable bonds is 3. The highest BCUT2D eigenvalue weighted by Gasteiger charge is 2.06. The number of nitriles is 1. The zero-order valence-corrected chi connectivity index (χ0v) is 10.9. The quantitative estimate of drug-likeness (QED) is 0.856. The summed E-state index contributed by atoms with van der Waals surface area (Å²) < 4.78 is 1.05. The van der Waals surface area contributed by atoms with E-state index in [4.69, 9.17) is 5.26 Å². The van der Waals surface area contributed by atoms with Gasteiger partial charge in [0.25, 0.3) is 0 Å². The van der Waals surface area contributed by atoms with Crippen molar-refractivity contribution in [2.24, 2.45) is 0 Å². The molecule has 80 valence electrons. The molecular weight excluding hydrogens is 284 g/mol. The summed E-state index contributed by atoms with van der Waals surface area (Å²) >= 11 is 5.12. The van der Waals surface area contributed by atoms with Crippen LogP contribution in [0.3, 0.4) is 0 Å². The lowest BCUT2D eigenvalue weighted by Gasteiger charge is -1.98. The van der Waals surface area contributed by atoms with E-state index >= 15 is 0 Å². The molecule has 0 aliphatic rings. The molecule has 1 heterocycles. The predicted molar refractivity (Wildman–Crippen MR) is 69.2 cm³/mol. The third-order valence-corrected chi connectivity index (χ3v) is 3.75. The Morgan fingerprint density at radius 3 is 2.94 bits per heavy atom. The van der Waals surface area contributed by atoms with Gasteiger partial charge in [0.05, 0.1) is 16.8 Å². The molecule has 0 spiro atoms. The van der Waals surface area contributed by atoms with Gasteiger partial charge in [-0.05, 0) is 6.07 Å². The highest BCUT2D eigenvalue weighted by Crippen LogP contribution is 2.29. The molecule has 0 atom stereocenters. The molecule has 0 N–H and O–H groups in total. The molecule has 2 nitrogen and oxygen atoms in total. The number of nitrogens with zero attached hydrogens (tertiary/aromatic N) is 2. The molecule has 0 aliphatic heterocycles. The first kappa shape index (κ1) is 11.3. The van der Waals surface area contributed by atoms with Gasteiger partial charge in [-0.3, -0.25) is 0 Å². The smallest absolute Gasteiger partial charge is 0.0942 e. The number of hydrogen-bond acceptors (Lipinski definition) is 3. The van der Waals surface area contributed by atoms with E-state index in [0.29, 0.717) is 6.42 Å². The number of benzene rings is 1. The second-order valence-electron chi connectivity index (χ2n) is 3.26. The highest BCUT2D eigenvalue weighted by atomic mass is 79.9. The SMILES string of the molecule is N#CCCc1nc(-c2ccccc2Br)cs1. The molecule has 0 aliphatic carbocycles. The van der Waals surface area contributed by atoms with Crippen LogP contribution in [0.4, 0.5) is 0 Å². The van der Waals surface area contributed by atoms with Crippen molar-refractivity contribution in [3.05, 3.63) is 39.1 Å². The fourth-order valence-electron chi connectivity index (χ4n) is 1.38. The molecule has 0 saturated heterocycles. The lowest BCUT2D eigenvalue weighted by Crippen LogP contribution is -1.83. The maximum atomic E-state index is 8.51. The van der Waals surface area contributed by atoms with Gasteiger partial charge in [-0.1, -0.05) is 34.1 Å². The maximum Gasteiger partial charge on any atom is 0.0942 e. The molecule has 2 aromatic rings. The minimum Gasteiger partial charge on any atom is -0.241 e. The van der Waals surface area contributed by atoms with Crippen molar-refractivity contribution in [2.75, 3.05) is 0 Å². The summed E-state index contributed by atoms with van der Waals surface area (Å²) in [5, 5.41) is 11.6. The Hall–Kier alpha value is -1.18. The number of thiazole rings is 1. The monoisotopic (exact) mass is 292 g/mol. The summed E-state index contributed by atoms with van der Waals surface area (Å²) in [6.45, 7) is 0. The van der Waals surface area contributed by atoms with Crippen molar-refractivity contribution in [3.63, 3.8) is 0 Å². The fraction of sp³-hybridized carbons (Fsp3) is 0.167. The Kier molecular flexibility index (Phi) is 3.70. The van der Waals surface area contributed by atoms with E-state index < -0.39 is 0 Å². The Labute approximate surface area is 107 Å². The Morgan fingerprint density at radius 2 is 2.19 bits per heavy atom. The van der Waals surface area contributed by atoms with E-state index in [1.807, 2.05) is 29.6 Å². The summed E-state index contributed by atoms with van der Waals surface area (Å²) in [6.07, 6.45) is 1.27. The van der Waals surface area contributed by atoms with Crippen molar-refractivity contribution in [2.45, 2.75) is 12.8 Å². The van der Waals surface area contributed by atoms with Crippen LogP contribution in [0.1, 0.15) is 11.4 Å². The van der Waals surface area contributed by atoms with Gasteiger partial charge in [0.15, 0.2) is 0 Å². The summed E-state index contributed by atoms with van der Waals surface area (Å²) in [7, 11) is 0. The van der Waals surface area contributed by atoms with Crippen LogP contribution in [0.5, 0.6) is 0 Å². The van der Waals surface area contributed by atoms with E-state index in [-0.39, 0.29) is 0 Å². The highest BCUT2D eigenvalue weighted by molar-refractivity contribution is 9.10. The second kappa shape index (κ2) is 5.24. The molecule has 16 heavy (non-hydrogen) atoms. The second-order valence-corrected chi connectivity index (χ2v) is 5.06. The lowest BCUT2D eigenvalue weighted by atomic mass is 10.2. The van der Waals surface area contributed by atoms with E-state index in [0.717, 1.165) is 27.2 Å². The third-order valence-electron chi connectivity index (χ3n) is 2.15. The van der Waals surface area contributed by atoms with Gasteiger partial charge in [0.1, 0.15) is 0 Å². The molecule has 2 rings (SSSR count). The van der Waals surface area contributed by atoms with Gasteiger partial charge in [-0.25, -0.2) is 4.98 Å². The molecular formula is C12H9BrN2S. The van der Waals surface area contributed by atoms with Gasteiger partial charge < -0.3 is 0 Å². The lowest BCUT2D eigenvalue weighted by molar-refractivity contribution is 0.990. The summed E-state index contributed by atoms with van der Waals surface area (Å²) in [5.41, 5.74) is 2.08. The van der Waals surface area contributed by atoms with Crippen molar-refractivity contribution in [1.82, 2.24) is 4.98 Å². The Morgan fingerprint density at radius 1 is 1.38 bits per heavy atom. The van der Waals surface area contributed by atoms with Crippen LogP contribution in [0, 0.1) is 11.3 Å². The van der Waals surface area contributed by atoms with Crippen molar-refractivity contribution in [3.8, 4) is 17.3 Å². The average Bonchev–Trinajstić information content (AvgIpc) is 2.75. The van der Waals surface area contributed by atoms with E-state index in [1.54, 1.807) is 11.3 Å². The summed E-state index contributed by atoms with van der Waals surface area (Å²) in [4.78, 5) is 4.52. The normalized spacial score (nSPS) is 10.0. The molecule has 4 heteroatoms. The summed E-state index contributed by atoms with van der Waals surface area (Å²) in [6, 6.07) is 10.1. The Balaban J connectivity index is 2.26. The zero-order chi connectivity index (χ0) is 11.4. The molecule has 1 aromatic carbocycles. The van der Waals surface area contributed by atoms with Crippen molar-refractivity contribution >= 4 is 27.3 Å². The number of halogens is 1. The van der Waals surface area contributed by atoms with Crippen LogP contribution >= 0.6 is 27.3 Å². The molecule has 0 radical (unpaired) electrons. The largest absolute Gasteiger partial charge is 0.241 e. The molecule has 0 unspecified atom stereocenters. The van der Waals surface area contributed by atoms with E-state index in [1.165, 1.54) is 0 Å². The van der Waals surface area contributed by atoms with Crippen LogP contribution in [-0.4, -0.2) is 4.98 Å². The predicted octanol–water partition coefficient (Wildman–Crippen LogP) is 4.03. The topological polar surface area (TPSA) is 36.7 Å². The van der Waals surface area contributed by atoms with Crippen LogP contribution in [-0.2, 0) is 6.42 Å². The van der Waals surface area contributed by atoms with Crippen LogP contribution in [0.25, 0.3) is 11.3 Å². The molecule has 0 amide bonds. The first-order valence-electron chi connectivity index (χ1n) is 4.87. The number of aromatic nitrogens is 1. The first-order valence-corrected chi connectivity index (χ1v) is 6.55. The molecule has 0 saturated carbocycles. The van der Waals surface area contributed by atoms with E-state index in [2.05, 4.69) is 27.0 Å². The van der Waals surface area contributed by atoms with Gasteiger partial charge >= 0.3 is 0 Å². The minimum absolute atomic E-state index is 0.531. The minimum atomic E-state index is 0.531. The third kappa shape index (κ3) is 2.49. The standard InChI is InChI=1S/C12H9BrN2S/c13-10-5-2-1-4-9(10)11-8-16-12(15-11)6-3-7-14/h1-2,4-5,8H,3,6H2. The fourth-order valence-corrected chi connectivity index (χ4v) is 2.67. The van der Waals surface area contributed by atoms with Crippen LogP contribution in [0.15, 0.2) is 34.1 Å². The van der Waals surface area contributed by atoms with Gasteiger partial charge in [-0.2, -0.15) is 5.26 Å². The maximum absolute atomic E-state index is 8.51. The number of aryl methyl sites for hydroxylation is 1. The average molecular weight is 293 g/mol. The van der Waals surface area contributed by atoms with Crippen LogP contribution < -0.4 is 0 Å². The van der Waals surface area contributed by atoms with Gasteiger partial charge in [0.2, 0.25) is 0 Å². The molecule has 0 fully saturated rings. The molecule has 1 aromatic heterocycles. The zero-order valence-electron chi connectivity index (χ0n) is 8.48. The number of hydrogen-bond donors (Lipinski definition) is 0. The van der Waals surface area contributed by atoms with Gasteiger partial charge in [0, 0.05) is 28.3 Å². The Bertz CT molecular complexity index is 528. The molecule has 0 bridgehead atoms. The van der Waals surface area contributed by atoms with Crippen molar-refractivity contribution < 1.29 is 0 Å². The van der Waals surface area contributed by atoms with Gasteiger partial charge in [-0.15, -0.1) is 11.3 Å².